The summed E-state index contributed by atoms with van der Waals surface area (Å²) in [5.74, 6) is 1.26. The summed E-state index contributed by atoms with van der Waals surface area (Å²) in [6, 6.07) is 10.2. The van der Waals surface area contributed by atoms with E-state index in [4.69, 9.17) is 26.3 Å². The molecule has 0 amide bonds. The molecule has 4 heterocycles. The van der Waals surface area contributed by atoms with Crippen molar-refractivity contribution in [3.8, 4) is 11.3 Å². The third-order valence-corrected chi connectivity index (χ3v) is 8.11. The number of hydrogen-bond donors (Lipinski definition) is 1. The Kier molecular flexibility index (Phi) is 6.30. The van der Waals surface area contributed by atoms with E-state index in [9.17, 15) is 8.42 Å². The molecule has 0 bridgehead atoms. The number of fused-ring (bicyclic) bond motifs is 1. The Morgan fingerprint density at radius 1 is 1.09 bits per heavy atom. The lowest BCUT2D eigenvalue weighted by Gasteiger charge is -2.29. The van der Waals surface area contributed by atoms with Gasteiger partial charge in [-0.2, -0.15) is 0 Å². The highest BCUT2D eigenvalue weighted by Crippen LogP contribution is 2.31. The van der Waals surface area contributed by atoms with Crippen LogP contribution < -0.4 is 4.90 Å². The van der Waals surface area contributed by atoms with Gasteiger partial charge in [-0.25, -0.2) is 22.7 Å². The number of sulfonamides is 1. The summed E-state index contributed by atoms with van der Waals surface area (Å²) < 4.78 is 30.4. The molecule has 3 aromatic rings. The number of aromatic nitrogens is 3. The molecule has 1 aromatic carbocycles. The van der Waals surface area contributed by atoms with Crippen molar-refractivity contribution < 1.29 is 13.2 Å². The molecule has 33 heavy (non-hydrogen) atoms. The maximum absolute atomic E-state index is 11.7. The monoisotopic (exact) mass is 489 g/mol. The predicted molar refractivity (Wildman–Crippen MR) is 130 cm³/mol. The zero-order chi connectivity index (χ0) is 23.0. The van der Waals surface area contributed by atoms with Crippen molar-refractivity contribution >= 4 is 38.5 Å². The van der Waals surface area contributed by atoms with E-state index in [-0.39, 0.29) is 0 Å². The van der Waals surface area contributed by atoms with Gasteiger partial charge in [-0.3, -0.25) is 0 Å². The number of hydrogen-bond acceptors (Lipinski definition) is 6. The lowest BCUT2D eigenvalue weighted by Crippen LogP contribution is -2.38. The molecule has 0 spiro atoms. The highest BCUT2D eigenvalue weighted by molar-refractivity contribution is 7.88. The number of benzene rings is 1. The standard InChI is InChI=1S/C23H28ClN5O3S/c1-33(30,31)29-8-6-16(7-9-29)14-21-25-20-15-19(24)22(27-23(20)26-21)17-2-4-18(5-3-17)28-10-12-32-13-11-28/h2-5,15-16H,6-14H2,1H3,(H,25,26,27). The number of rotatable bonds is 5. The van der Waals surface area contributed by atoms with E-state index in [0.717, 1.165) is 68.2 Å². The molecule has 5 rings (SSSR count). The number of ether oxygens (including phenoxy) is 1. The van der Waals surface area contributed by atoms with Gasteiger partial charge in [-0.1, -0.05) is 23.7 Å². The Bertz CT molecular complexity index is 1230. The van der Waals surface area contributed by atoms with E-state index in [1.165, 1.54) is 11.9 Å². The number of imidazole rings is 1. The van der Waals surface area contributed by atoms with Gasteiger partial charge in [0.1, 0.15) is 5.82 Å². The minimum atomic E-state index is -3.11. The van der Waals surface area contributed by atoms with Gasteiger partial charge in [0.15, 0.2) is 5.65 Å². The fourth-order valence-electron chi connectivity index (χ4n) is 4.64. The molecule has 1 N–H and O–H groups in total. The van der Waals surface area contributed by atoms with Gasteiger partial charge in [-0.15, -0.1) is 0 Å². The first kappa shape index (κ1) is 22.6. The van der Waals surface area contributed by atoms with E-state index < -0.39 is 10.0 Å². The van der Waals surface area contributed by atoms with Crippen LogP contribution >= 0.6 is 11.6 Å². The summed E-state index contributed by atoms with van der Waals surface area (Å²) in [5, 5.41) is 0.582. The minimum Gasteiger partial charge on any atom is -0.378 e. The van der Waals surface area contributed by atoms with Crippen LogP contribution in [-0.4, -0.2) is 73.3 Å². The van der Waals surface area contributed by atoms with Crippen molar-refractivity contribution in [1.82, 2.24) is 19.3 Å². The Morgan fingerprint density at radius 3 is 2.45 bits per heavy atom. The number of pyridine rings is 1. The van der Waals surface area contributed by atoms with Crippen LogP contribution in [0.2, 0.25) is 5.02 Å². The third-order valence-electron chi connectivity index (χ3n) is 6.52. The first-order valence-electron chi connectivity index (χ1n) is 11.3. The molecule has 0 radical (unpaired) electrons. The molecule has 0 saturated carbocycles. The highest BCUT2D eigenvalue weighted by Gasteiger charge is 2.26. The van der Waals surface area contributed by atoms with Gasteiger partial charge < -0.3 is 14.6 Å². The van der Waals surface area contributed by atoms with Gasteiger partial charge in [0.05, 0.1) is 35.7 Å². The number of aromatic amines is 1. The van der Waals surface area contributed by atoms with Crippen LogP contribution in [0.25, 0.3) is 22.4 Å². The molecule has 2 aromatic heterocycles. The van der Waals surface area contributed by atoms with Crippen LogP contribution in [-0.2, 0) is 21.2 Å². The van der Waals surface area contributed by atoms with E-state index in [2.05, 4.69) is 22.0 Å². The molecule has 0 aliphatic carbocycles. The van der Waals surface area contributed by atoms with Crippen molar-refractivity contribution in [2.45, 2.75) is 19.3 Å². The quantitative estimate of drug-likeness (QED) is 0.591. The molecule has 8 nitrogen and oxygen atoms in total. The summed E-state index contributed by atoms with van der Waals surface area (Å²) in [4.78, 5) is 15.1. The Hall–Kier alpha value is -2.20. The fourth-order valence-corrected chi connectivity index (χ4v) is 5.77. The normalized spacial score (nSPS) is 18.8. The molecule has 176 valence electrons. The van der Waals surface area contributed by atoms with E-state index >= 15 is 0 Å². The summed E-state index contributed by atoms with van der Waals surface area (Å²) in [6.45, 7) is 4.44. The van der Waals surface area contributed by atoms with Crippen LogP contribution in [0, 0.1) is 5.92 Å². The van der Waals surface area contributed by atoms with Crippen molar-refractivity contribution in [3.05, 3.63) is 41.2 Å². The Labute approximate surface area is 199 Å². The minimum absolute atomic E-state index is 0.395. The predicted octanol–water partition coefficient (Wildman–Crippen LogP) is 3.33. The molecule has 0 atom stereocenters. The summed E-state index contributed by atoms with van der Waals surface area (Å²) in [7, 11) is -3.11. The van der Waals surface area contributed by atoms with Crippen LogP contribution in [0.4, 0.5) is 5.69 Å². The first-order chi connectivity index (χ1) is 15.9. The topological polar surface area (TPSA) is 91.4 Å². The fraction of sp³-hybridized carbons (Fsp3) is 0.478. The molecular formula is C23H28ClN5O3S. The van der Waals surface area contributed by atoms with Gasteiger partial charge >= 0.3 is 0 Å². The number of morpholine rings is 1. The van der Waals surface area contributed by atoms with Crippen molar-refractivity contribution in [1.29, 1.82) is 0 Å². The van der Waals surface area contributed by atoms with Gasteiger partial charge in [-0.05, 0) is 37.0 Å². The molecule has 2 aliphatic rings. The summed E-state index contributed by atoms with van der Waals surface area (Å²) in [5.41, 5.74) is 4.31. The second-order valence-corrected chi connectivity index (χ2v) is 11.2. The SMILES string of the molecule is CS(=O)(=O)N1CCC(Cc2nc3nc(-c4ccc(N5CCOCC5)cc4)c(Cl)cc3[nH]2)CC1. The van der Waals surface area contributed by atoms with Gasteiger partial charge in [0.2, 0.25) is 10.0 Å². The average Bonchev–Trinajstić information content (AvgIpc) is 3.20. The van der Waals surface area contributed by atoms with E-state index in [1.54, 1.807) is 4.31 Å². The van der Waals surface area contributed by atoms with Gasteiger partial charge in [0.25, 0.3) is 0 Å². The van der Waals surface area contributed by atoms with Gasteiger partial charge in [0, 0.05) is 43.9 Å². The third kappa shape index (κ3) is 5.01. The van der Waals surface area contributed by atoms with Crippen molar-refractivity contribution in [2.24, 2.45) is 5.92 Å². The molecule has 2 fully saturated rings. The zero-order valence-corrected chi connectivity index (χ0v) is 20.2. The lowest BCUT2D eigenvalue weighted by atomic mass is 9.94. The number of anilines is 1. The average molecular weight is 490 g/mol. The maximum atomic E-state index is 11.7. The lowest BCUT2D eigenvalue weighted by molar-refractivity contribution is 0.122. The Balaban J connectivity index is 1.31. The highest BCUT2D eigenvalue weighted by atomic mass is 35.5. The van der Waals surface area contributed by atoms with E-state index in [1.807, 2.05) is 18.2 Å². The number of nitrogens with zero attached hydrogens (tertiary/aromatic N) is 4. The number of piperidine rings is 1. The van der Waals surface area contributed by atoms with Crippen LogP contribution in [0.5, 0.6) is 0 Å². The molecule has 2 saturated heterocycles. The van der Waals surface area contributed by atoms with Crippen LogP contribution in [0.15, 0.2) is 30.3 Å². The zero-order valence-electron chi connectivity index (χ0n) is 18.6. The van der Waals surface area contributed by atoms with Crippen LogP contribution in [0.1, 0.15) is 18.7 Å². The smallest absolute Gasteiger partial charge is 0.211 e. The molecular weight excluding hydrogens is 462 g/mol. The second kappa shape index (κ2) is 9.21. The number of H-pyrrole nitrogens is 1. The largest absolute Gasteiger partial charge is 0.378 e. The summed E-state index contributed by atoms with van der Waals surface area (Å²) >= 11 is 6.59. The van der Waals surface area contributed by atoms with E-state index in [0.29, 0.717) is 29.7 Å². The summed E-state index contributed by atoms with van der Waals surface area (Å²) in [6.07, 6.45) is 3.71. The number of halogens is 1. The number of nitrogens with one attached hydrogen (secondary N) is 1. The van der Waals surface area contributed by atoms with Crippen molar-refractivity contribution in [3.63, 3.8) is 0 Å². The molecule has 2 aliphatic heterocycles. The first-order valence-corrected chi connectivity index (χ1v) is 13.5. The molecule has 10 heteroatoms. The van der Waals surface area contributed by atoms with Crippen LogP contribution in [0.3, 0.4) is 0 Å². The van der Waals surface area contributed by atoms with Crippen molar-refractivity contribution in [2.75, 3.05) is 50.5 Å². The molecule has 0 unspecified atom stereocenters. The Morgan fingerprint density at radius 2 is 1.79 bits per heavy atom. The maximum Gasteiger partial charge on any atom is 0.211 e. The second-order valence-electron chi connectivity index (χ2n) is 8.83.